The van der Waals surface area contributed by atoms with Gasteiger partial charge in [0.05, 0.1) is 25.9 Å². The van der Waals surface area contributed by atoms with Crippen LogP contribution in [0.25, 0.3) is 0 Å². The van der Waals surface area contributed by atoms with Gasteiger partial charge < -0.3 is 29.7 Å². The zero-order valence-electron chi connectivity index (χ0n) is 37.4. The van der Waals surface area contributed by atoms with Gasteiger partial charge in [-0.3, -0.25) is 18.6 Å². The minimum Gasteiger partial charge on any atom is -0.462 e. The number of phosphoric ester groups is 1. The molecule has 0 saturated carbocycles. The summed E-state index contributed by atoms with van der Waals surface area (Å²) >= 11 is 0. The van der Waals surface area contributed by atoms with Crippen molar-refractivity contribution in [2.75, 3.05) is 26.4 Å². The van der Waals surface area contributed by atoms with Gasteiger partial charge in [0, 0.05) is 12.8 Å². The van der Waals surface area contributed by atoms with Crippen LogP contribution < -0.4 is 0 Å². The molecule has 60 heavy (non-hydrogen) atoms. The van der Waals surface area contributed by atoms with Gasteiger partial charge in [-0.25, -0.2) is 4.57 Å². The summed E-state index contributed by atoms with van der Waals surface area (Å²) in [5.74, 6) is -0.293. The minimum atomic E-state index is -4.67. The Morgan fingerprint density at radius 3 is 1.72 bits per heavy atom. The van der Waals surface area contributed by atoms with Crippen LogP contribution in [0, 0.1) is 5.92 Å². The molecule has 0 aliphatic heterocycles. The van der Waals surface area contributed by atoms with E-state index in [0.29, 0.717) is 19.3 Å². The van der Waals surface area contributed by atoms with Gasteiger partial charge >= 0.3 is 19.8 Å². The first-order valence-corrected chi connectivity index (χ1v) is 24.4. The van der Waals surface area contributed by atoms with Crippen LogP contribution in [0.2, 0.25) is 0 Å². The zero-order valence-corrected chi connectivity index (χ0v) is 38.3. The van der Waals surface area contributed by atoms with Gasteiger partial charge in [0.2, 0.25) is 0 Å². The van der Waals surface area contributed by atoms with Crippen LogP contribution in [-0.4, -0.2) is 76.9 Å². The van der Waals surface area contributed by atoms with Gasteiger partial charge in [-0.1, -0.05) is 184 Å². The molecule has 0 aliphatic carbocycles. The molecule has 11 nitrogen and oxygen atoms in total. The molecule has 0 spiro atoms. The highest BCUT2D eigenvalue weighted by Gasteiger charge is 2.27. The van der Waals surface area contributed by atoms with Crippen LogP contribution in [0.1, 0.15) is 168 Å². The van der Waals surface area contributed by atoms with E-state index in [1.807, 2.05) is 12.2 Å². The molecule has 4 N–H and O–H groups in total. The molecule has 0 aromatic heterocycles. The molecule has 4 atom stereocenters. The minimum absolute atomic E-state index is 0.0243. The normalized spacial score (nSPS) is 15.1. The van der Waals surface area contributed by atoms with Gasteiger partial charge in [-0.15, -0.1) is 0 Å². The van der Waals surface area contributed by atoms with Crippen molar-refractivity contribution in [3.8, 4) is 0 Å². The van der Waals surface area contributed by atoms with Crippen molar-refractivity contribution < 1.29 is 52.9 Å². The summed E-state index contributed by atoms with van der Waals surface area (Å²) < 4.78 is 32.6. The first kappa shape index (κ1) is 57.4. The number of hydrogen-bond acceptors (Lipinski definition) is 10. The van der Waals surface area contributed by atoms with E-state index in [1.54, 1.807) is 24.3 Å². The highest BCUT2D eigenvalue weighted by molar-refractivity contribution is 7.47. The Kier molecular flexibility index (Phi) is 39.9. The van der Waals surface area contributed by atoms with Crippen molar-refractivity contribution in [3.63, 3.8) is 0 Å². The van der Waals surface area contributed by atoms with Crippen LogP contribution in [0.15, 0.2) is 72.9 Å². The number of hydrogen-bond donors (Lipinski definition) is 4. The fourth-order valence-corrected chi connectivity index (χ4v) is 6.67. The van der Waals surface area contributed by atoms with E-state index in [0.717, 1.165) is 50.9 Å². The fraction of sp³-hybridized carbons (Fsp3) is 0.708. The predicted molar refractivity (Wildman–Crippen MR) is 243 cm³/mol. The quantitative estimate of drug-likeness (QED) is 0.0152. The Morgan fingerprint density at radius 2 is 1.15 bits per heavy atom. The number of allylic oxidation sites excluding steroid dienone is 10. The number of carbonyl (C=O) groups excluding carboxylic acids is 2. The lowest BCUT2D eigenvalue weighted by Crippen LogP contribution is -2.29. The van der Waals surface area contributed by atoms with Crippen LogP contribution in [0.4, 0.5) is 0 Å². The first-order valence-electron chi connectivity index (χ1n) is 22.9. The van der Waals surface area contributed by atoms with Crippen molar-refractivity contribution in [2.45, 2.75) is 187 Å². The first-order chi connectivity index (χ1) is 29.0. The third-order valence-corrected chi connectivity index (χ3v) is 10.3. The number of phosphoric acid groups is 1. The van der Waals surface area contributed by atoms with Gasteiger partial charge in [0.15, 0.2) is 6.10 Å². The maximum Gasteiger partial charge on any atom is 0.472 e. The van der Waals surface area contributed by atoms with E-state index in [1.165, 1.54) is 70.6 Å². The summed E-state index contributed by atoms with van der Waals surface area (Å²) in [7, 11) is -4.67. The van der Waals surface area contributed by atoms with Crippen molar-refractivity contribution >= 4 is 19.8 Å². The molecule has 12 heteroatoms. The van der Waals surface area contributed by atoms with Crippen LogP contribution in [-0.2, 0) is 32.7 Å². The average molecular weight is 867 g/mol. The van der Waals surface area contributed by atoms with E-state index in [2.05, 4.69) is 61.8 Å². The highest BCUT2D eigenvalue weighted by Crippen LogP contribution is 2.43. The van der Waals surface area contributed by atoms with Crippen molar-refractivity contribution in [1.29, 1.82) is 0 Å². The number of unbranched alkanes of at least 4 members (excludes halogenated alkanes) is 13. The van der Waals surface area contributed by atoms with Crippen LogP contribution in [0.3, 0.4) is 0 Å². The van der Waals surface area contributed by atoms with Gasteiger partial charge in [0.1, 0.15) is 12.7 Å². The van der Waals surface area contributed by atoms with Crippen LogP contribution >= 0.6 is 7.82 Å². The van der Waals surface area contributed by atoms with Crippen molar-refractivity contribution in [1.82, 2.24) is 0 Å². The number of rotatable bonds is 41. The second-order valence-corrected chi connectivity index (χ2v) is 17.2. The predicted octanol–water partition coefficient (Wildman–Crippen LogP) is 11.3. The number of ether oxygens (including phenoxy) is 2. The average Bonchev–Trinajstić information content (AvgIpc) is 3.22. The van der Waals surface area contributed by atoms with E-state index >= 15 is 0 Å². The van der Waals surface area contributed by atoms with Crippen molar-refractivity contribution in [2.24, 2.45) is 5.92 Å². The lowest BCUT2D eigenvalue weighted by Gasteiger charge is -2.20. The second kappa shape index (κ2) is 41.7. The SMILES string of the molecule is CC/C=C\C/C=C\C/C=C\C/C=C\C=C/C(O)C/C=C\CCC(=O)O[C@H](COC(=O)CCCCCCCCCCCCCCCCC(C)C)COP(=O)(O)OC[C@@H](O)CO. The molecule has 0 aliphatic rings. The summed E-state index contributed by atoms with van der Waals surface area (Å²) in [5, 5.41) is 28.6. The van der Waals surface area contributed by atoms with Gasteiger partial charge in [-0.05, 0) is 50.9 Å². The Labute approximate surface area is 363 Å². The topological polar surface area (TPSA) is 169 Å². The molecule has 0 fully saturated rings. The van der Waals surface area contributed by atoms with E-state index in [9.17, 15) is 29.3 Å². The maximum absolute atomic E-state index is 12.6. The Morgan fingerprint density at radius 1 is 0.617 bits per heavy atom. The third kappa shape index (κ3) is 42.1. The third-order valence-electron chi connectivity index (χ3n) is 9.40. The Balaban J connectivity index is 4.48. The van der Waals surface area contributed by atoms with Gasteiger partial charge in [0.25, 0.3) is 0 Å². The van der Waals surface area contributed by atoms with E-state index < -0.39 is 57.9 Å². The largest absolute Gasteiger partial charge is 0.472 e. The molecule has 0 bridgehead atoms. The molecule has 0 amide bonds. The molecular formula is C48H83O11P. The molecule has 0 aromatic rings. The molecular weight excluding hydrogens is 783 g/mol. The summed E-state index contributed by atoms with van der Waals surface area (Å²) in [6.45, 7) is 4.40. The van der Waals surface area contributed by atoms with E-state index in [-0.39, 0.29) is 19.4 Å². The lowest BCUT2D eigenvalue weighted by atomic mass is 10.0. The van der Waals surface area contributed by atoms with E-state index in [4.69, 9.17) is 19.1 Å². The number of esters is 2. The Hall–Kier alpha value is -2.63. The maximum atomic E-state index is 12.6. The fourth-order valence-electron chi connectivity index (χ4n) is 5.88. The zero-order chi connectivity index (χ0) is 44.4. The molecule has 0 radical (unpaired) electrons. The van der Waals surface area contributed by atoms with Gasteiger partial charge in [-0.2, -0.15) is 0 Å². The highest BCUT2D eigenvalue weighted by atomic mass is 31.2. The Bertz CT molecular complexity index is 1260. The summed E-state index contributed by atoms with van der Waals surface area (Å²) in [6.07, 6.45) is 43.3. The lowest BCUT2D eigenvalue weighted by molar-refractivity contribution is -0.161. The number of aliphatic hydroxyl groups excluding tert-OH is 3. The summed E-state index contributed by atoms with van der Waals surface area (Å²) in [4.78, 5) is 35.0. The molecule has 0 aromatic carbocycles. The molecule has 0 heterocycles. The summed E-state index contributed by atoms with van der Waals surface area (Å²) in [6, 6.07) is 0. The summed E-state index contributed by atoms with van der Waals surface area (Å²) in [5.41, 5.74) is 0. The van der Waals surface area contributed by atoms with Crippen LogP contribution in [0.5, 0.6) is 0 Å². The molecule has 2 unspecified atom stereocenters. The molecule has 0 rings (SSSR count). The smallest absolute Gasteiger partial charge is 0.462 e. The molecule has 0 saturated heterocycles. The standard InChI is InChI=1S/C48H83O11P/c1-4-5-6-7-8-9-10-13-17-20-23-26-30-35-44(50)36-31-28-33-38-48(53)59-46(42-58-60(54,55)57-40-45(51)39-49)41-56-47(52)37-32-27-24-21-18-15-12-11-14-16-19-22-25-29-34-43(2)3/h5-6,8-9,13,17,23,26,28,30-31,35,43-46,49-51H,4,7,10-12,14-16,18-22,24-25,27,29,32-34,36-42H2,1-3H3,(H,54,55)/b6-5-,9-8-,17-13-,26-23-,31-28-,35-30-/t44?,45-,46+/m0/s1. The van der Waals surface area contributed by atoms with Crippen molar-refractivity contribution in [3.05, 3.63) is 72.9 Å². The number of aliphatic hydroxyl groups is 3. The second-order valence-electron chi connectivity index (χ2n) is 15.7. The monoisotopic (exact) mass is 867 g/mol. The number of carbonyl (C=O) groups is 2. The molecule has 346 valence electrons.